The highest BCUT2D eigenvalue weighted by Gasteiger charge is 2.30. The Morgan fingerprint density at radius 2 is 2.06 bits per heavy atom. The molecule has 2 atom stereocenters. The van der Waals surface area contributed by atoms with Gasteiger partial charge in [0.15, 0.2) is 0 Å². The average Bonchev–Trinajstić information content (AvgIpc) is 3.22. The fourth-order valence-corrected chi connectivity index (χ4v) is 4.13. The van der Waals surface area contributed by atoms with Crippen molar-refractivity contribution in [1.82, 2.24) is 21.0 Å². The highest BCUT2D eigenvalue weighted by molar-refractivity contribution is 14.1. The lowest BCUT2D eigenvalue weighted by molar-refractivity contribution is -0.138. The summed E-state index contributed by atoms with van der Waals surface area (Å²) in [6.45, 7) is 1.22. The molecule has 1 heterocycles. The first-order valence-electron chi connectivity index (χ1n) is 10.4. The van der Waals surface area contributed by atoms with Crippen molar-refractivity contribution in [1.29, 1.82) is 0 Å². The van der Waals surface area contributed by atoms with Crippen LogP contribution in [0.5, 0.6) is 0 Å². The van der Waals surface area contributed by atoms with E-state index in [9.17, 15) is 18.4 Å². The Morgan fingerprint density at radius 3 is 2.74 bits per heavy atom. The summed E-state index contributed by atoms with van der Waals surface area (Å²) >= 11 is 7.96. The molecular formula is C22H23ClF2IN5O4. The van der Waals surface area contributed by atoms with Gasteiger partial charge in [0.25, 0.3) is 0 Å². The van der Waals surface area contributed by atoms with Gasteiger partial charge in [0, 0.05) is 23.6 Å². The minimum atomic E-state index is -0.734. The van der Waals surface area contributed by atoms with Crippen LogP contribution in [0.4, 0.5) is 13.6 Å². The van der Waals surface area contributed by atoms with Crippen molar-refractivity contribution in [3.05, 3.63) is 80.0 Å². The number of hydrogen-bond donors (Lipinski definition) is 3. The van der Waals surface area contributed by atoms with E-state index >= 15 is 0 Å². The van der Waals surface area contributed by atoms with Crippen LogP contribution in [0.2, 0.25) is 5.02 Å². The Kier molecular flexibility index (Phi) is 9.77. The molecule has 0 aromatic heterocycles. The highest BCUT2D eigenvalue weighted by Crippen LogP contribution is 2.36. The topological polar surface area (TPSA) is 109 Å². The largest absolute Gasteiger partial charge is 0.369 e. The summed E-state index contributed by atoms with van der Waals surface area (Å²) in [5, 5.41) is 2.10. The summed E-state index contributed by atoms with van der Waals surface area (Å²) in [5.41, 5.74) is 11.9. The Hall–Kier alpha value is -2.36. The molecule has 0 bridgehead atoms. The van der Waals surface area contributed by atoms with Crippen LogP contribution in [-0.2, 0) is 21.0 Å². The molecule has 2 aromatic rings. The Labute approximate surface area is 219 Å². The zero-order valence-electron chi connectivity index (χ0n) is 18.5. The quantitative estimate of drug-likeness (QED) is 0.291. The van der Waals surface area contributed by atoms with Crippen LogP contribution in [0, 0.1) is 11.6 Å². The number of hydrogen-bond acceptors (Lipinski definition) is 6. The fourth-order valence-electron chi connectivity index (χ4n) is 3.22. The van der Waals surface area contributed by atoms with E-state index in [1.807, 2.05) is 22.6 Å². The van der Waals surface area contributed by atoms with E-state index in [1.165, 1.54) is 42.4 Å². The maximum atomic E-state index is 13.7. The van der Waals surface area contributed by atoms with E-state index in [4.69, 9.17) is 27.0 Å². The molecule has 0 radical (unpaired) electrons. The predicted molar refractivity (Wildman–Crippen MR) is 132 cm³/mol. The molecule has 2 aromatic carbocycles. The van der Waals surface area contributed by atoms with E-state index in [0.29, 0.717) is 14.7 Å². The third-order valence-electron chi connectivity index (χ3n) is 4.94. The molecule has 0 saturated carbocycles. The molecule has 1 aliphatic heterocycles. The molecule has 4 N–H and O–H groups in total. The van der Waals surface area contributed by atoms with Gasteiger partial charge in [-0.1, -0.05) is 35.9 Å². The third-order valence-corrected chi connectivity index (χ3v) is 6.21. The molecular weight excluding hydrogens is 599 g/mol. The molecule has 0 saturated heterocycles. The maximum Gasteiger partial charge on any atom is 0.369 e. The molecule has 3 amide bonds. The molecule has 9 nitrogen and oxygen atoms in total. The number of hydrazine groups is 1. The zero-order valence-corrected chi connectivity index (χ0v) is 21.4. The summed E-state index contributed by atoms with van der Waals surface area (Å²) in [7, 11) is 0. The van der Waals surface area contributed by atoms with Gasteiger partial charge in [-0.3, -0.25) is 19.5 Å². The van der Waals surface area contributed by atoms with E-state index < -0.39 is 29.8 Å². The number of urea groups is 1. The molecule has 0 spiro atoms. The Bertz CT molecular complexity index is 1110. The van der Waals surface area contributed by atoms with Crippen molar-refractivity contribution in [2.45, 2.75) is 25.6 Å². The zero-order chi connectivity index (χ0) is 25.5. The van der Waals surface area contributed by atoms with Gasteiger partial charge in [-0.2, -0.15) is 5.06 Å². The summed E-state index contributed by atoms with van der Waals surface area (Å²) in [6.07, 6.45) is 0.808. The van der Waals surface area contributed by atoms with Crippen LogP contribution in [0.25, 0.3) is 0 Å². The normalized spacial score (nSPS) is 16.1. The average molecular weight is 622 g/mol. The Morgan fingerprint density at radius 1 is 1.31 bits per heavy atom. The van der Waals surface area contributed by atoms with Crippen molar-refractivity contribution in [3.8, 4) is 0 Å². The van der Waals surface area contributed by atoms with E-state index in [2.05, 4.69) is 10.9 Å². The van der Waals surface area contributed by atoms with Gasteiger partial charge in [-0.25, -0.2) is 24.5 Å². The molecule has 0 fully saturated rings. The smallest absolute Gasteiger partial charge is 0.328 e. The highest BCUT2D eigenvalue weighted by atomic mass is 127. The first-order valence-corrected chi connectivity index (χ1v) is 11.8. The summed E-state index contributed by atoms with van der Waals surface area (Å²) in [4.78, 5) is 35.5. The van der Waals surface area contributed by atoms with Gasteiger partial charge in [0.05, 0.1) is 23.9 Å². The molecule has 35 heavy (non-hydrogen) atoms. The second kappa shape index (κ2) is 12.6. The van der Waals surface area contributed by atoms with Crippen LogP contribution in [0.15, 0.2) is 52.2 Å². The molecule has 1 aliphatic rings. The first kappa shape index (κ1) is 27.2. The number of nitrogens with one attached hydrogen (secondary N) is 2. The van der Waals surface area contributed by atoms with E-state index in [1.54, 1.807) is 18.2 Å². The first-order chi connectivity index (χ1) is 16.7. The molecule has 13 heteroatoms. The lowest BCUT2D eigenvalue weighted by Crippen LogP contribution is -2.54. The number of amides is 3. The number of rotatable bonds is 9. The maximum absolute atomic E-state index is 13.7. The van der Waals surface area contributed by atoms with Crippen molar-refractivity contribution in [2.75, 3.05) is 13.2 Å². The minimum absolute atomic E-state index is 0.000998. The number of carbonyl (C=O) groups excluding carboxylic acids is 2. The van der Waals surface area contributed by atoms with Crippen LogP contribution in [-0.4, -0.2) is 41.2 Å². The van der Waals surface area contributed by atoms with Gasteiger partial charge in [0.1, 0.15) is 17.7 Å². The van der Waals surface area contributed by atoms with Gasteiger partial charge in [0.2, 0.25) is 5.91 Å². The van der Waals surface area contributed by atoms with Crippen molar-refractivity contribution >= 4 is 46.1 Å². The standard InChI is InChI=1S/C22H23ClF2IN5O4/c1-13(32)31(28-10-15-5-3-7-18(25)20(15)23)17(9-27)12-34-29-22(33)30-11-19(26)21(35-30)14-4-2-6-16(24)8-14/h2-8,11,17,21,28H,9-10,12,27H2,1H3,(H,29,33)/t17-,21?/m0/s1. The molecule has 3 rings (SSSR count). The van der Waals surface area contributed by atoms with Crippen LogP contribution in [0.3, 0.4) is 0 Å². The fraction of sp³-hybridized carbons (Fsp3) is 0.273. The summed E-state index contributed by atoms with van der Waals surface area (Å²) in [5.74, 6) is -1.37. The monoisotopic (exact) mass is 621 g/mol. The molecule has 188 valence electrons. The lowest BCUT2D eigenvalue weighted by Gasteiger charge is -2.30. The molecule has 0 aliphatic carbocycles. The summed E-state index contributed by atoms with van der Waals surface area (Å²) < 4.78 is 27.9. The molecule has 1 unspecified atom stereocenters. The van der Waals surface area contributed by atoms with Gasteiger partial charge >= 0.3 is 6.03 Å². The lowest BCUT2D eigenvalue weighted by atomic mass is 10.1. The van der Waals surface area contributed by atoms with Gasteiger partial charge in [-0.05, 0) is 51.9 Å². The van der Waals surface area contributed by atoms with Crippen molar-refractivity contribution in [3.63, 3.8) is 0 Å². The van der Waals surface area contributed by atoms with Crippen molar-refractivity contribution in [2.24, 2.45) is 5.73 Å². The number of hydroxylamine groups is 3. The van der Waals surface area contributed by atoms with Gasteiger partial charge < -0.3 is 5.73 Å². The van der Waals surface area contributed by atoms with Crippen molar-refractivity contribution < 1.29 is 28.0 Å². The van der Waals surface area contributed by atoms with E-state index in [-0.39, 0.29) is 30.6 Å². The van der Waals surface area contributed by atoms with Crippen LogP contribution < -0.4 is 16.6 Å². The second-order valence-corrected chi connectivity index (χ2v) is 9.05. The van der Waals surface area contributed by atoms with Crippen LogP contribution >= 0.6 is 34.2 Å². The number of carbonyl (C=O) groups is 2. The summed E-state index contributed by atoms with van der Waals surface area (Å²) in [6, 6.07) is 8.82. The number of halogens is 4. The number of nitrogens with zero attached hydrogens (tertiary/aromatic N) is 2. The van der Waals surface area contributed by atoms with Gasteiger partial charge in [-0.15, -0.1) is 0 Å². The number of nitrogens with two attached hydrogens (primary N) is 1. The minimum Gasteiger partial charge on any atom is -0.328 e. The SMILES string of the molecule is CC(=O)N(NCc1cccc(F)c1Cl)[C@@H](CN)CONC(=O)N1C=C(I)C(c2cccc(F)c2)O1. The third kappa shape index (κ3) is 7.08. The number of benzene rings is 2. The van der Waals surface area contributed by atoms with E-state index in [0.717, 1.165) is 5.06 Å². The van der Waals surface area contributed by atoms with Crippen LogP contribution in [0.1, 0.15) is 24.2 Å². The predicted octanol–water partition coefficient (Wildman–Crippen LogP) is 3.70. The Balaban J connectivity index is 1.53. The second-order valence-electron chi connectivity index (χ2n) is 7.42.